The van der Waals surface area contributed by atoms with Gasteiger partial charge in [0.15, 0.2) is 0 Å². The topological polar surface area (TPSA) is 60.9 Å². The summed E-state index contributed by atoms with van der Waals surface area (Å²) in [6, 6.07) is 0. The van der Waals surface area contributed by atoms with Gasteiger partial charge in [0.25, 0.3) is 0 Å². The molecule has 0 spiro atoms. The highest BCUT2D eigenvalue weighted by Gasteiger charge is 2.12. The van der Waals surface area contributed by atoms with E-state index < -0.39 is 5.97 Å². The van der Waals surface area contributed by atoms with Gasteiger partial charge in [0.1, 0.15) is 0 Å². The molecule has 0 aliphatic rings. The van der Waals surface area contributed by atoms with Crippen LogP contribution in [0.25, 0.3) is 0 Å². The van der Waals surface area contributed by atoms with Crippen LogP contribution in [0.1, 0.15) is 26.2 Å². The second-order valence-electron chi connectivity index (χ2n) is 4.03. The molecule has 1 N–H and O–H groups in total. The number of carboxylic acids is 1. The maximum absolute atomic E-state index is 11.5. The largest absolute Gasteiger partial charge is 0.481 e. The van der Waals surface area contributed by atoms with Crippen molar-refractivity contribution in [3.8, 4) is 0 Å². The second kappa shape index (κ2) is 8.10. The van der Waals surface area contributed by atoms with Crippen LogP contribution in [0.4, 0.5) is 0 Å². The third kappa shape index (κ3) is 7.23. The van der Waals surface area contributed by atoms with Gasteiger partial charge in [0.2, 0.25) is 5.91 Å². The SMILES string of the molecule is CCC(=O)N(CCCN(C)C)CCC(=O)O. The Hall–Kier alpha value is -1.10. The van der Waals surface area contributed by atoms with Gasteiger partial charge in [-0.15, -0.1) is 0 Å². The third-order valence-electron chi connectivity index (χ3n) is 2.28. The lowest BCUT2D eigenvalue weighted by molar-refractivity contribution is -0.138. The molecule has 1 amide bonds. The van der Waals surface area contributed by atoms with E-state index in [1.54, 1.807) is 11.8 Å². The minimum atomic E-state index is -0.860. The molecule has 94 valence electrons. The van der Waals surface area contributed by atoms with Gasteiger partial charge in [-0.1, -0.05) is 6.92 Å². The smallest absolute Gasteiger partial charge is 0.305 e. The minimum absolute atomic E-state index is 0.0215. The summed E-state index contributed by atoms with van der Waals surface area (Å²) in [7, 11) is 3.95. The van der Waals surface area contributed by atoms with Crippen molar-refractivity contribution in [2.45, 2.75) is 26.2 Å². The fourth-order valence-electron chi connectivity index (χ4n) is 1.39. The van der Waals surface area contributed by atoms with Gasteiger partial charge in [-0.05, 0) is 27.1 Å². The van der Waals surface area contributed by atoms with Crippen LogP contribution in [0.3, 0.4) is 0 Å². The third-order valence-corrected chi connectivity index (χ3v) is 2.28. The zero-order chi connectivity index (χ0) is 12.6. The Morgan fingerprint density at radius 3 is 2.19 bits per heavy atom. The summed E-state index contributed by atoms with van der Waals surface area (Å²) in [4.78, 5) is 25.7. The monoisotopic (exact) mass is 230 g/mol. The highest BCUT2D eigenvalue weighted by Crippen LogP contribution is 1.99. The molecule has 5 heteroatoms. The van der Waals surface area contributed by atoms with Gasteiger partial charge in [0.05, 0.1) is 6.42 Å². The van der Waals surface area contributed by atoms with Crippen molar-refractivity contribution in [1.29, 1.82) is 0 Å². The van der Waals surface area contributed by atoms with Crippen LogP contribution in [0.5, 0.6) is 0 Å². The number of carbonyl (C=O) groups excluding carboxylic acids is 1. The maximum Gasteiger partial charge on any atom is 0.305 e. The van der Waals surface area contributed by atoms with Gasteiger partial charge >= 0.3 is 5.97 Å². The van der Waals surface area contributed by atoms with Crippen molar-refractivity contribution in [1.82, 2.24) is 9.80 Å². The molecule has 0 fully saturated rings. The molecule has 0 unspecified atom stereocenters. The quantitative estimate of drug-likeness (QED) is 0.665. The number of rotatable bonds is 8. The Morgan fingerprint density at radius 2 is 1.75 bits per heavy atom. The molecule has 0 saturated heterocycles. The van der Waals surface area contributed by atoms with Crippen molar-refractivity contribution in [3.05, 3.63) is 0 Å². The van der Waals surface area contributed by atoms with Gasteiger partial charge in [-0.3, -0.25) is 9.59 Å². The first kappa shape index (κ1) is 14.9. The van der Waals surface area contributed by atoms with E-state index in [1.807, 2.05) is 19.0 Å². The molecule has 0 aromatic carbocycles. The van der Waals surface area contributed by atoms with Crippen molar-refractivity contribution in [3.63, 3.8) is 0 Å². The first-order valence-electron chi connectivity index (χ1n) is 5.61. The van der Waals surface area contributed by atoms with E-state index in [9.17, 15) is 9.59 Å². The lowest BCUT2D eigenvalue weighted by Gasteiger charge is -2.22. The van der Waals surface area contributed by atoms with Crippen LogP contribution in [-0.4, -0.2) is 60.5 Å². The number of aliphatic carboxylic acids is 1. The molecule has 0 aliphatic carbocycles. The van der Waals surface area contributed by atoms with E-state index in [4.69, 9.17) is 5.11 Å². The van der Waals surface area contributed by atoms with Gasteiger partial charge in [-0.25, -0.2) is 0 Å². The maximum atomic E-state index is 11.5. The van der Waals surface area contributed by atoms with Crippen molar-refractivity contribution in [2.75, 3.05) is 33.7 Å². The minimum Gasteiger partial charge on any atom is -0.481 e. The van der Waals surface area contributed by atoms with Gasteiger partial charge < -0.3 is 14.9 Å². The Morgan fingerprint density at radius 1 is 1.12 bits per heavy atom. The molecule has 0 bridgehead atoms. The van der Waals surface area contributed by atoms with Crippen LogP contribution < -0.4 is 0 Å². The Labute approximate surface area is 97.0 Å². The zero-order valence-electron chi connectivity index (χ0n) is 10.4. The summed E-state index contributed by atoms with van der Waals surface area (Å²) < 4.78 is 0. The summed E-state index contributed by atoms with van der Waals surface area (Å²) in [5, 5.41) is 8.58. The average molecular weight is 230 g/mol. The van der Waals surface area contributed by atoms with Crippen LogP contribution in [0.15, 0.2) is 0 Å². The molecule has 0 aromatic heterocycles. The predicted octanol–water partition coefficient (Wildman–Crippen LogP) is 0.651. The normalized spacial score (nSPS) is 10.5. The van der Waals surface area contributed by atoms with Crippen LogP contribution >= 0.6 is 0 Å². The number of amides is 1. The summed E-state index contributed by atoms with van der Waals surface area (Å²) in [6.07, 6.45) is 1.33. The molecule has 5 nitrogen and oxygen atoms in total. The van der Waals surface area contributed by atoms with Crippen molar-refractivity contribution < 1.29 is 14.7 Å². The average Bonchev–Trinajstić information content (AvgIpc) is 2.21. The van der Waals surface area contributed by atoms with Gasteiger partial charge in [0, 0.05) is 19.5 Å². The Kier molecular flexibility index (Phi) is 7.54. The van der Waals surface area contributed by atoms with Gasteiger partial charge in [-0.2, -0.15) is 0 Å². The van der Waals surface area contributed by atoms with Crippen LogP contribution in [0, 0.1) is 0 Å². The molecular formula is C11H22N2O3. The van der Waals surface area contributed by atoms with E-state index in [1.165, 1.54) is 0 Å². The van der Waals surface area contributed by atoms with Crippen LogP contribution in [0.2, 0.25) is 0 Å². The number of hydrogen-bond donors (Lipinski definition) is 1. The van der Waals surface area contributed by atoms with E-state index >= 15 is 0 Å². The molecule has 0 aromatic rings. The van der Waals surface area contributed by atoms with E-state index in [2.05, 4.69) is 0 Å². The fourth-order valence-corrected chi connectivity index (χ4v) is 1.39. The first-order chi connectivity index (χ1) is 7.47. The molecule has 0 aliphatic heterocycles. The number of nitrogens with zero attached hydrogens (tertiary/aromatic N) is 2. The molecule has 0 heterocycles. The molecule has 0 radical (unpaired) electrons. The predicted molar refractivity (Wildman–Crippen MR) is 62.3 cm³/mol. The van der Waals surface area contributed by atoms with E-state index in [0.29, 0.717) is 19.5 Å². The molecule has 0 atom stereocenters. The summed E-state index contributed by atoms with van der Waals surface area (Å²) in [6.45, 7) is 3.65. The lowest BCUT2D eigenvalue weighted by Crippen LogP contribution is -2.34. The molecule has 16 heavy (non-hydrogen) atoms. The van der Waals surface area contributed by atoms with Crippen molar-refractivity contribution >= 4 is 11.9 Å². The van der Waals surface area contributed by atoms with Crippen molar-refractivity contribution in [2.24, 2.45) is 0 Å². The fraction of sp³-hybridized carbons (Fsp3) is 0.818. The zero-order valence-corrected chi connectivity index (χ0v) is 10.4. The lowest BCUT2D eigenvalue weighted by atomic mass is 10.3. The number of carboxylic acid groups (broad SMARTS) is 1. The highest BCUT2D eigenvalue weighted by atomic mass is 16.4. The summed E-state index contributed by atoms with van der Waals surface area (Å²) >= 11 is 0. The standard InChI is InChI=1S/C11H22N2O3/c1-4-10(14)13(9-6-11(15)16)8-5-7-12(2)3/h4-9H2,1-3H3,(H,15,16). The molecular weight excluding hydrogens is 208 g/mol. The molecule has 0 rings (SSSR count). The Bertz CT molecular complexity index is 229. The summed E-state index contributed by atoms with van der Waals surface area (Å²) in [5.74, 6) is -0.832. The second-order valence-corrected chi connectivity index (χ2v) is 4.03. The van der Waals surface area contributed by atoms with E-state index in [0.717, 1.165) is 13.0 Å². The number of hydrogen-bond acceptors (Lipinski definition) is 3. The Balaban J connectivity index is 4.00. The van der Waals surface area contributed by atoms with E-state index in [-0.39, 0.29) is 12.3 Å². The molecule has 0 saturated carbocycles. The summed E-state index contributed by atoms with van der Waals surface area (Å²) in [5.41, 5.74) is 0. The first-order valence-corrected chi connectivity index (χ1v) is 5.61. The highest BCUT2D eigenvalue weighted by molar-refractivity contribution is 5.76. The van der Waals surface area contributed by atoms with Crippen LogP contribution in [-0.2, 0) is 9.59 Å². The number of carbonyl (C=O) groups is 2.